The lowest BCUT2D eigenvalue weighted by molar-refractivity contribution is 0.102. The van der Waals surface area contributed by atoms with E-state index in [9.17, 15) is 22.0 Å². The molecule has 1 amide bonds. The Bertz CT molecular complexity index is 1190. The van der Waals surface area contributed by atoms with E-state index in [2.05, 4.69) is 15.3 Å². The first-order valence-electron chi connectivity index (χ1n) is 9.37. The number of carbonyl (C=O) groups excluding carboxylic acids is 1. The Balaban J connectivity index is 1.89. The molecule has 0 unspecified atom stereocenters. The Kier molecular flexibility index (Phi) is 6.18. The van der Waals surface area contributed by atoms with Gasteiger partial charge in [-0.3, -0.25) is 4.79 Å². The van der Waals surface area contributed by atoms with Crippen LogP contribution < -0.4 is 5.32 Å². The molecule has 0 spiro atoms. The number of sulfonamides is 1. The largest absolute Gasteiger partial charge is 0.337 e. The van der Waals surface area contributed by atoms with E-state index < -0.39 is 28.2 Å². The first-order chi connectivity index (χ1) is 14.2. The molecule has 0 saturated heterocycles. The molecule has 0 atom stereocenters. The van der Waals surface area contributed by atoms with Crippen LogP contribution in [0, 0.1) is 6.92 Å². The highest BCUT2D eigenvalue weighted by atomic mass is 32.2. The number of halogens is 2. The lowest BCUT2D eigenvalue weighted by Crippen LogP contribution is -2.31. The van der Waals surface area contributed by atoms with Crippen LogP contribution in [0.2, 0.25) is 0 Å². The topological polar surface area (TPSA) is 95.2 Å². The number of nitrogens with zero attached hydrogens (tertiary/aromatic N) is 2. The van der Waals surface area contributed by atoms with E-state index in [4.69, 9.17) is 0 Å². The van der Waals surface area contributed by atoms with Gasteiger partial charge in [0.1, 0.15) is 0 Å². The number of rotatable bonds is 7. The van der Waals surface area contributed by atoms with Crippen molar-refractivity contribution in [3.05, 3.63) is 53.3 Å². The van der Waals surface area contributed by atoms with Crippen LogP contribution in [0.3, 0.4) is 0 Å². The number of hydrogen-bond acceptors (Lipinski definition) is 4. The van der Waals surface area contributed by atoms with Crippen molar-refractivity contribution in [2.75, 3.05) is 18.4 Å². The third-order valence-corrected chi connectivity index (χ3v) is 6.93. The van der Waals surface area contributed by atoms with E-state index in [1.54, 1.807) is 32.9 Å². The maximum Gasteiger partial charge on any atom is 0.295 e. The molecule has 0 aliphatic rings. The number of nitrogens with one attached hydrogen (secondary N) is 2. The van der Waals surface area contributed by atoms with Gasteiger partial charge in [0.25, 0.3) is 12.3 Å². The Morgan fingerprint density at radius 1 is 1.17 bits per heavy atom. The van der Waals surface area contributed by atoms with Crippen molar-refractivity contribution in [2.45, 2.75) is 32.1 Å². The Morgan fingerprint density at radius 3 is 2.50 bits per heavy atom. The van der Waals surface area contributed by atoms with E-state index >= 15 is 0 Å². The van der Waals surface area contributed by atoms with E-state index in [1.165, 1.54) is 28.6 Å². The first kappa shape index (κ1) is 21.8. The number of aromatic amines is 1. The summed E-state index contributed by atoms with van der Waals surface area (Å²) in [5.74, 6) is -0.965. The summed E-state index contributed by atoms with van der Waals surface area (Å²) in [6, 6.07) is 9.01. The number of H-pyrrole nitrogens is 1. The van der Waals surface area contributed by atoms with Crippen molar-refractivity contribution < 1.29 is 22.0 Å². The molecular weight excluding hydrogens is 414 g/mol. The second kappa shape index (κ2) is 8.49. The summed E-state index contributed by atoms with van der Waals surface area (Å²) in [6.45, 7) is 5.87. The molecule has 7 nitrogen and oxygen atoms in total. The van der Waals surface area contributed by atoms with Gasteiger partial charge in [0, 0.05) is 24.3 Å². The molecule has 0 saturated carbocycles. The smallest absolute Gasteiger partial charge is 0.295 e. The number of amides is 1. The van der Waals surface area contributed by atoms with Gasteiger partial charge in [-0.25, -0.2) is 22.2 Å². The van der Waals surface area contributed by atoms with Gasteiger partial charge in [-0.05, 0) is 42.8 Å². The third kappa shape index (κ3) is 4.19. The molecule has 10 heteroatoms. The highest BCUT2D eigenvalue weighted by Gasteiger charge is 2.24. The molecular formula is C20H22F2N4O3S. The molecule has 1 heterocycles. The van der Waals surface area contributed by atoms with Gasteiger partial charge in [0.05, 0.1) is 15.9 Å². The Hall–Kier alpha value is -2.85. The fraction of sp³-hybridized carbons (Fsp3) is 0.300. The van der Waals surface area contributed by atoms with Crippen molar-refractivity contribution in [3.63, 3.8) is 0 Å². The minimum absolute atomic E-state index is 0.120. The van der Waals surface area contributed by atoms with Gasteiger partial charge in [-0.2, -0.15) is 4.31 Å². The van der Waals surface area contributed by atoms with Crippen LogP contribution in [0.5, 0.6) is 0 Å². The molecule has 1 aromatic heterocycles. The number of anilines is 1. The highest BCUT2D eigenvalue weighted by molar-refractivity contribution is 7.89. The lowest BCUT2D eigenvalue weighted by atomic mass is 10.1. The Labute approximate surface area is 173 Å². The second-order valence-corrected chi connectivity index (χ2v) is 8.58. The third-order valence-electron chi connectivity index (χ3n) is 4.74. The van der Waals surface area contributed by atoms with Crippen molar-refractivity contribution in [3.8, 4) is 0 Å². The van der Waals surface area contributed by atoms with Gasteiger partial charge < -0.3 is 10.3 Å². The van der Waals surface area contributed by atoms with E-state index in [0.29, 0.717) is 35.4 Å². The van der Waals surface area contributed by atoms with Gasteiger partial charge in [-0.15, -0.1) is 0 Å². The molecule has 2 aromatic carbocycles. The van der Waals surface area contributed by atoms with E-state index in [1.807, 2.05) is 0 Å². The summed E-state index contributed by atoms with van der Waals surface area (Å²) < 4.78 is 52.7. The monoisotopic (exact) mass is 436 g/mol. The average molecular weight is 436 g/mol. The van der Waals surface area contributed by atoms with Crippen molar-refractivity contribution in [2.24, 2.45) is 0 Å². The zero-order valence-corrected chi connectivity index (χ0v) is 17.6. The Morgan fingerprint density at radius 2 is 1.87 bits per heavy atom. The maximum atomic E-state index is 12.9. The summed E-state index contributed by atoms with van der Waals surface area (Å²) in [5, 5.41) is 2.66. The van der Waals surface area contributed by atoms with Crippen LogP contribution in [-0.4, -0.2) is 41.7 Å². The molecule has 0 bridgehead atoms. The van der Waals surface area contributed by atoms with Gasteiger partial charge >= 0.3 is 0 Å². The molecule has 160 valence electrons. The number of hydrogen-bond donors (Lipinski definition) is 2. The standard InChI is InChI=1S/C20H22F2N4O3S/c1-4-26(5-2)30(28,29)17-11-14(8-6-12(17)3)23-20(27)13-7-9-15-16(10-13)25-19(24-15)18(21)22/h6-11,18H,4-5H2,1-3H3,(H,23,27)(H,24,25). The number of alkyl halides is 2. The fourth-order valence-electron chi connectivity index (χ4n) is 3.14. The number of aryl methyl sites for hydroxylation is 1. The molecule has 3 aromatic rings. The molecule has 3 rings (SSSR count). The predicted molar refractivity (Wildman–Crippen MR) is 110 cm³/mol. The van der Waals surface area contributed by atoms with Crippen molar-refractivity contribution >= 4 is 32.7 Å². The molecule has 0 radical (unpaired) electrons. The van der Waals surface area contributed by atoms with Crippen LogP contribution in [-0.2, 0) is 10.0 Å². The summed E-state index contributed by atoms with van der Waals surface area (Å²) in [4.78, 5) is 19.0. The van der Waals surface area contributed by atoms with E-state index in [0.717, 1.165) is 0 Å². The SMILES string of the molecule is CCN(CC)S(=O)(=O)c1cc(NC(=O)c2ccc3nc(C(F)F)[nH]c3c2)ccc1C. The number of carbonyl (C=O) groups is 1. The summed E-state index contributed by atoms with van der Waals surface area (Å²) in [7, 11) is -3.69. The van der Waals surface area contributed by atoms with Gasteiger partial charge in [-0.1, -0.05) is 19.9 Å². The number of aromatic nitrogens is 2. The van der Waals surface area contributed by atoms with Crippen LogP contribution in [0.4, 0.5) is 14.5 Å². The zero-order valence-electron chi connectivity index (χ0n) is 16.7. The summed E-state index contributed by atoms with van der Waals surface area (Å²) in [5.41, 5.74) is 1.74. The van der Waals surface area contributed by atoms with Crippen LogP contribution >= 0.6 is 0 Å². The minimum Gasteiger partial charge on any atom is -0.337 e. The minimum atomic E-state index is -3.69. The fourth-order valence-corrected chi connectivity index (χ4v) is 4.84. The molecule has 0 aliphatic heterocycles. The number of imidazole rings is 1. The van der Waals surface area contributed by atoms with Crippen molar-refractivity contribution in [1.82, 2.24) is 14.3 Å². The van der Waals surface area contributed by atoms with E-state index in [-0.39, 0.29) is 10.5 Å². The van der Waals surface area contributed by atoms with Crippen LogP contribution in [0.25, 0.3) is 11.0 Å². The van der Waals surface area contributed by atoms with Crippen LogP contribution in [0.15, 0.2) is 41.3 Å². The maximum absolute atomic E-state index is 12.9. The zero-order chi connectivity index (χ0) is 22.1. The molecule has 2 N–H and O–H groups in total. The van der Waals surface area contributed by atoms with Crippen LogP contribution in [0.1, 0.15) is 42.0 Å². The van der Waals surface area contributed by atoms with Gasteiger partial charge in [0.2, 0.25) is 10.0 Å². The molecule has 0 fully saturated rings. The number of fused-ring (bicyclic) bond motifs is 1. The average Bonchev–Trinajstić information content (AvgIpc) is 3.13. The lowest BCUT2D eigenvalue weighted by Gasteiger charge is -2.20. The summed E-state index contributed by atoms with van der Waals surface area (Å²) >= 11 is 0. The summed E-state index contributed by atoms with van der Waals surface area (Å²) in [6.07, 6.45) is -2.74. The molecule has 30 heavy (non-hydrogen) atoms. The first-order valence-corrected chi connectivity index (χ1v) is 10.8. The normalized spacial score (nSPS) is 12.1. The van der Waals surface area contributed by atoms with Gasteiger partial charge in [0.15, 0.2) is 5.82 Å². The highest BCUT2D eigenvalue weighted by Crippen LogP contribution is 2.25. The molecule has 0 aliphatic carbocycles. The second-order valence-electron chi connectivity index (χ2n) is 6.68. The quantitative estimate of drug-likeness (QED) is 0.583. The van der Waals surface area contributed by atoms with Crippen molar-refractivity contribution in [1.29, 1.82) is 0 Å². The predicted octanol–water partition coefficient (Wildman–Crippen LogP) is 4.09. The number of benzene rings is 2.